The highest BCUT2D eigenvalue weighted by atomic mass is 35.5. The maximum atomic E-state index is 12.6. The number of benzene rings is 2. The molecule has 0 radical (unpaired) electrons. The average molecular weight is 360 g/mol. The largest absolute Gasteiger partial charge is 0.497 e. The maximum Gasteiger partial charge on any atom is 0.292 e. The van der Waals surface area contributed by atoms with Gasteiger partial charge in [-0.05, 0) is 42.0 Å². The molecule has 1 atom stereocenters. The third-order valence-corrected chi connectivity index (χ3v) is 4.56. The molecule has 0 aliphatic carbocycles. The van der Waals surface area contributed by atoms with E-state index in [1.165, 1.54) is 4.90 Å². The van der Waals surface area contributed by atoms with Crippen molar-refractivity contribution in [3.8, 4) is 5.75 Å². The number of hydrogen-bond acceptors (Lipinski definition) is 3. The van der Waals surface area contributed by atoms with E-state index < -0.39 is 0 Å². The highest BCUT2D eigenvalue weighted by Gasteiger charge is 2.42. The van der Waals surface area contributed by atoms with E-state index >= 15 is 0 Å². The van der Waals surface area contributed by atoms with E-state index in [4.69, 9.17) is 16.3 Å². The van der Waals surface area contributed by atoms with E-state index in [9.17, 15) is 9.59 Å². The number of carbonyl (C=O) groups is 2. The van der Waals surface area contributed by atoms with Crippen LogP contribution in [0.5, 0.6) is 5.75 Å². The fourth-order valence-electron chi connectivity index (χ4n) is 2.94. The molecule has 1 heterocycles. The SMILES string of the molecule is COc1ccc(N2C(=O)CC([NH2+]CCc3ccc(Cl)cc3)C2=O)cc1. The summed E-state index contributed by atoms with van der Waals surface area (Å²) in [4.78, 5) is 26.1. The molecule has 1 fully saturated rings. The number of halogens is 1. The van der Waals surface area contributed by atoms with Crippen LogP contribution in [0.1, 0.15) is 12.0 Å². The molecule has 0 spiro atoms. The molecule has 5 nitrogen and oxygen atoms in total. The summed E-state index contributed by atoms with van der Waals surface area (Å²) < 4.78 is 5.11. The Labute approximate surface area is 151 Å². The standard InChI is InChI=1S/C19H19ClN2O3/c1-25-16-8-6-15(7-9-16)22-18(23)12-17(19(22)24)21-11-10-13-2-4-14(20)5-3-13/h2-9,17,21H,10-12H2,1H3/p+1. The molecule has 2 aromatic carbocycles. The van der Waals surface area contributed by atoms with Crippen LogP contribution in [0.15, 0.2) is 48.5 Å². The van der Waals surface area contributed by atoms with Crippen LogP contribution in [-0.2, 0) is 16.0 Å². The second-order valence-corrected chi connectivity index (χ2v) is 6.41. The van der Waals surface area contributed by atoms with E-state index in [-0.39, 0.29) is 24.3 Å². The molecule has 0 bridgehead atoms. The van der Waals surface area contributed by atoms with Gasteiger partial charge < -0.3 is 10.1 Å². The topological polar surface area (TPSA) is 63.2 Å². The van der Waals surface area contributed by atoms with Gasteiger partial charge in [0.15, 0.2) is 6.04 Å². The number of anilines is 1. The van der Waals surface area contributed by atoms with Crippen molar-refractivity contribution < 1.29 is 19.6 Å². The number of imide groups is 1. The van der Waals surface area contributed by atoms with E-state index in [1.807, 2.05) is 29.6 Å². The molecule has 1 aliphatic rings. The van der Waals surface area contributed by atoms with Gasteiger partial charge in [0, 0.05) is 11.4 Å². The number of nitrogens with zero attached hydrogens (tertiary/aromatic N) is 1. The minimum atomic E-state index is -0.359. The lowest BCUT2D eigenvalue weighted by Gasteiger charge is -2.14. The first kappa shape index (κ1) is 17.5. The van der Waals surface area contributed by atoms with Crippen LogP contribution in [-0.4, -0.2) is 31.5 Å². The normalized spacial score (nSPS) is 17.2. The third kappa shape index (κ3) is 4.00. The minimum Gasteiger partial charge on any atom is -0.497 e. The van der Waals surface area contributed by atoms with E-state index in [0.717, 1.165) is 18.5 Å². The number of nitrogens with two attached hydrogens (primary N) is 1. The zero-order chi connectivity index (χ0) is 17.8. The smallest absolute Gasteiger partial charge is 0.292 e. The van der Waals surface area contributed by atoms with E-state index in [0.29, 0.717) is 16.5 Å². The number of hydrogen-bond donors (Lipinski definition) is 1. The van der Waals surface area contributed by atoms with Crippen LogP contribution in [0.25, 0.3) is 0 Å². The Morgan fingerprint density at radius 3 is 2.44 bits per heavy atom. The van der Waals surface area contributed by atoms with E-state index in [1.54, 1.807) is 31.4 Å². The molecule has 2 N–H and O–H groups in total. The highest BCUT2D eigenvalue weighted by molar-refractivity contribution is 6.30. The summed E-state index contributed by atoms with van der Waals surface area (Å²) in [5.74, 6) is 0.364. The van der Waals surface area contributed by atoms with Crippen LogP contribution < -0.4 is 15.0 Å². The summed E-state index contributed by atoms with van der Waals surface area (Å²) in [6.07, 6.45) is 1.04. The predicted molar refractivity (Wildman–Crippen MR) is 95.8 cm³/mol. The van der Waals surface area contributed by atoms with Gasteiger partial charge in [0.05, 0.1) is 25.8 Å². The monoisotopic (exact) mass is 359 g/mol. The van der Waals surface area contributed by atoms with Gasteiger partial charge in [-0.15, -0.1) is 0 Å². The maximum absolute atomic E-state index is 12.6. The average Bonchev–Trinajstić information content (AvgIpc) is 2.90. The summed E-state index contributed by atoms with van der Waals surface area (Å²) in [5.41, 5.74) is 1.74. The number of methoxy groups -OCH3 is 1. The lowest BCUT2D eigenvalue weighted by Crippen LogP contribution is -2.92. The molecule has 1 saturated heterocycles. The summed E-state index contributed by atoms with van der Waals surface area (Å²) in [7, 11) is 1.58. The third-order valence-electron chi connectivity index (χ3n) is 4.31. The van der Waals surface area contributed by atoms with Gasteiger partial charge in [0.25, 0.3) is 5.91 Å². The minimum absolute atomic E-state index is 0.161. The zero-order valence-corrected chi connectivity index (χ0v) is 14.7. The number of amides is 2. The second kappa shape index (κ2) is 7.68. The van der Waals surface area contributed by atoms with Crippen molar-refractivity contribution in [3.05, 3.63) is 59.1 Å². The van der Waals surface area contributed by atoms with Crippen molar-refractivity contribution in [2.24, 2.45) is 0 Å². The number of carbonyl (C=O) groups excluding carboxylic acids is 2. The van der Waals surface area contributed by atoms with Crippen LogP contribution in [0.2, 0.25) is 5.02 Å². The molecular weight excluding hydrogens is 340 g/mol. The summed E-state index contributed by atoms with van der Waals surface area (Å²) in [6, 6.07) is 14.2. The Kier molecular flexibility index (Phi) is 5.36. The molecule has 6 heteroatoms. The molecule has 0 aromatic heterocycles. The molecule has 0 saturated carbocycles. The van der Waals surface area contributed by atoms with Crippen LogP contribution >= 0.6 is 11.6 Å². The van der Waals surface area contributed by atoms with Gasteiger partial charge >= 0.3 is 0 Å². The van der Waals surface area contributed by atoms with Crippen molar-refractivity contribution >= 4 is 29.1 Å². The number of rotatable bonds is 6. The molecule has 25 heavy (non-hydrogen) atoms. The van der Waals surface area contributed by atoms with Crippen LogP contribution in [0.4, 0.5) is 5.69 Å². The summed E-state index contributed by atoms with van der Waals surface area (Å²) >= 11 is 5.87. The van der Waals surface area contributed by atoms with Crippen molar-refractivity contribution in [2.45, 2.75) is 18.9 Å². The quantitative estimate of drug-likeness (QED) is 0.800. The number of ether oxygens (including phenoxy) is 1. The van der Waals surface area contributed by atoms with Gasteiger partial charge in [-0.2, -0.15) is 0 Å². The molecular formula is C19H20ClN2O3+. The van der Waals surface area contributed by atoms with Crippen molar-refractivity contribution in [1.82, 2.24) is 0 Å². The fraction of sp³-hybridized carbons (Fsp3) is 0.263. The van der Waals surface area contributed by atoms with E-state index in [2.05, 4.69) is 0 Å². The molecule has 3 rings (SSSR count). The molecule has 2 amide bonds. The summed E-state index contributed by atoms with van der Waals surface area (Å²) in [6.45, 7) is 0.738. The molecule has 1 aliphatic heterocycles. The van der Waals surface area contributed by atoms with Gasteiger partial charge in [0.1, 0.15) is 5.75 Å². The lowest BCUT2D eigenvalue weighted by molar-refractivity contribution is -0.674. The first-order chi connectivity index (χ1) is 12.1. The van der Waals surface area contributed by atoms with Crippen molar-refractivity contribution in [2.75, 3.05) is 18.6 Å². The van der Waals surface area contributed by atoms with Crippen LogP contribution in [0, 0.1) is 0 Å². The Morgan fingerprint density at radius 2 is 1.80 bits per heavy atom. The molecule has 1 unspecified atom stereocenters. The zero-order valence-electron chi connectivity index (χ0n) is 13.9. The molecule has 2 aromatic rings. The first-order valence-electron chi connectivity index (χ1n) is 8.17. The number of quaternary nitrogens is 1. The fourth-order valence-corrected chi connectivity index (χ4v) is 3.07. The van der Waals surface area contributed by atoms with Crippen molar-refractivity contribution in [3.63, 3.8) is 0 Å². The highest BCUT2D eigenvalue weighted by Crippen LogP contribution is 2.24. The predicted octanol–water partition coefficient (Wildman–Crippen LogP) is 1.79. The Bertz CT molecular complexity index is 759. The lowest BCUT2D eigenvalue weighted by atomic mass is 10.1. The van der Waals surface area contributed by atoms with Crippen LogP contribution in [0.3, 0.4) is 0 Å². The van der Waals surface area contributed by atoms with Gasteiger partial charge in [0.2, 0.25) is 5.91 Å². The van der Waals surface area contributed by atoms with Gasteiger partial charge in [-0.1, -0.05) is 23.7 Å². The summed E-state index contributed by atoms with van der Waals surface area (Å²) in [5, 5.41) is 2.65. The Balaban J connectivity index is 1.59. The van der Waals surface area contributed by atoms with Crippen molar-refractivity contribution in [1.29, 1.82) is 0 Å². The van der Waals surface area contributed by atoms with Gasteiger partial charge in [-0.25, -0.2) is 4.90 Å². The Morgan fingerprint density at radius 1 is 1.12 bits per heavy atom. The first-order valence-corrected chi connectivity index (χ1v) is 8.55. The second-order valence-electron chi connectivity index (χ2n) is 5.98. The van der Waals surface area contributed by atoms with Gasteiger partial charge in [-0.3, -0.25) is 9.59 Å². The molecule has 130 valence electrons. The Hall–Kier alpha value is -2.37.